The Hall–Kier alpha value is -1.27. The molecule has 78 heavy (non-hydrogen) atoms. The third-order valence-electron chi connectivity index (χ3n) is 16.5. The highest BCUT2D eigenvalue weighted by atomic mass is 16.7. The lowest BCUT2D eigenvalue weighted by Crippen LogP contribution is -2.65. The Morgan fingerprint density at radius 1 is 0.449 bits per heavy atom. The number of nitrogens with one attached hydrogen (secondary N) is 1. The second-order valence-corrected chi connectivity index (χ2v) is 23.6. The highest BCUT2D eigenvalue weighted by Crippen LogP contribution is 2.30. The topological polar surface area (TPSA) is 228 Å². The van der Waals surface area contributed by atoms with Crippen molar-refractivity contribution < 1.29 is 64.6 Å². The van der Waals surface area contributed by atoms with Crippen molar-refractivity contribution >= 4 is 5.91 Å². The molecule has 2 aliphatic heterocycles. The van der Waals surface area contributed by atoms with Gasteiger partial charge in [-0.25, -0.2) is 0 Å². The second-order valence-electron chi connectivity index (χ2n) is 23.6. The summed E-state index contributed by atoms with van der Waals surface area (Å²) < 4.78 is 22.8. The second kappa shape index (κ2) is 50.3. The maximum absolute atomic E-state index is 13.2. The molecule has 0 radical (unpaired) electrons. The normalized spacial score (nSPS) is 24.5. The van der Waals surface area contributed by atoms with E-state index in [1.807, 2.05) is 6.08 Å². The molecule has 2 aliphatic rings. The third kappa shape index (κ3) is 35.0. The number of carbonyl (C=O) groups excluding carboxylic acids is 1. The minimum Gasteiger partial charge on any atom is -0.394 e. The molecule has 2 fully saturated rings. The highest BCUT2D eigenvalue weighted by molar-refractivity contribution is 5.76. The fourth-order valence-corrected chi connectivity index (χ4v) is 11.2. The van der Waals surface area contributed by atoms with Gasteiger partial charge in [0.25, 0.3) is 0 Å². The predicted octanol–water partition coefficient (Wildman–Crippen LogP) is 12.2. The van der Waals surface area contributed by atoms with Crippen molar-refractivity contribution in [1.82, 2.24) is 5.32 Å². The number of amides is 1. The van der Waals surface area contributed by atoms with Gasteiger partial charge in [-0.2, -0.15) is 0 Å². The zero-order valence-corrected chi connectivity index (χ0v) is 49.9. The lowest BCUT2D eigenvalue weighted by atomic mass is 9.97. The number of unbranched alkanes of at least 4 members (excludes halogenated alkanes) is 41. The maximum Gasteiger partial charge on any atom is 0.220 e. The summed E-state index contributed by atoms with van der Waals surface area (Å²) in [6.45, 7) is 2.84. The van der Waals surface area contributed by atoms with E-state index in [0.717, 1.165) is 38.5 Å². The molecule has 0 aromatic rings. The Morgan fingerprint density at radius 2 is 0.795 bits per heavy atom. The van der Waals surface area contributed by atoms with E-state index in [1.165, 1.54) is 231 Å². The summed E-state index contributed by atoms with van der Waals surface area (Å²) in [6, 6.07) is -0.910. The number of ether oxygens (including phenoxy) is 4. The van der Waals surface area contributed by atoms with E-state index in [0.29, 0.717) is 6.42 Å². The minimum absolute atomic E-state index is 0.234. The van der Waals surface area contributed by atoms with E-state index in [2.05, 4.69) is 19.2 Å². The monoisotopic (exact) mass is 1110 g/mol. The summed E-state index contributed by atoms with van der Waals surface area (Å²) in [5.41, 5.74) is 0. The SMILES string of the molecule is CCCCCCCCCCCCCCCCCCCCCCCCCCCCCC/C=C/C(O)C(COC1OC(CO)C(OC2OC(CO)C(O)C(O)C2O)C(O)C1O)NC(=O)CCCCCCCCCCCCCCCC. The number of allylic oxidation sites excluding steroid dienone is 1. The summed E-state index contributed by atoms with van der Waals surface area (Å²) in [5, 5.41) is 87.2. The van der Waals surface area contributed by atoms with Crippen LogP contribution in [0.4, 0.5) is 0 Å². The van der Waals surface area contributed by atoms with Crippen molar-refractivity contribution in [3.8, 4) is 0 Å². The van der Waals surface area contributed by atoms with Crippen LogP contribution in [-0.4, -0.2) is 140 Å². The lowest BCUT2D eigenvalue weighted by Gasteiger charge is -2.46. The number of hydrogen-bond donors (Lipinski definition) is 9. The standard InChI is InChI=1S/C64H123NO13/c1-3-5-7-9-11-13-15-17-19-20-21-22-23-24-25-26-27-28-29-30-31-32-33-34-35-37-39-41-43-45-47-53(68)52(65-56(69)48-46-44-42-40-38-36-18-16-14-12-10-8-6-4-2)51-75-63-61(74)59(72)62(55(50-67)77-63)78-64-60(73)58(71)57(70)54(49-66)76-64/h45,47,52-55,57-64,66-68,70-74H,3-44,46,48-51H2,1-2H3,(H,65,69)/b47-45+. The molecule has 2 rings (SSSR count). The highest BCUT2D eigenvalue weighted by Gasteiger charge is 2.51. The van der Waals surface area contributed by atoms with E-state index in [-0.39, 0.29) is 18.9 Å². The van der Waals surface area contributed by atoms with Crippen LogP contribution in [0.25, 0.3) is 0 Å². The Kier molecular flexibility index (Phi) is 46.9. The number of hydrogen-bond acceptors (Lipinski definition) is 13. The van der Waals surface area contributed by atoms with Crippen molar-refractivity contribution in [2.24, 2.45) is 0 Å². The predicted molar refractivity (Wildman–Crippen MR) is 314 cm³/mol. The molecule has 2 saturated heterocycles. The van der Waals surface area contributed by atoms with Crippen LogP contribution in [-0.2, 0) is 23.7 Å². The largest absolute Gasteiger partial charge is 0.394 e. The van der Waals surface area contributed by atoms with Crippen molar-refractivity contribution in [2.45, 2.75) is 370 Å². The minimum atomic E-state index is -1.79. The van der Waals surface area contributed by atoms with Gasteiger partial charge in [0.15, 0.2) is 12.6 Å². The number of carbonyl (C=O) groups is 1. The molecule has 9 N–H and O–H groups in total. The van der Waals surface area contributed by atoms with Crippen LogP contribution < -0.4 is 5.32 Å². The van der Waals surface area contributed by atoms with Crippen LogP contribution in [0.3, 0.4) is 0 Å². The first-order valence-electron chi connectivity index (χ1n) is 32.9. The molecule has 2 heterocycles. The molecular formula is C64H123NO13. The molecule has 12 unspecified atom stereocenters. The number of rotatable bonds is 54. The van der Waals surface area contributed by atoms with Crippen LogP contribution >= 0.6 is 0 Å². The van der Waals surface area contributed by atoms with E-state index in [4.69, 9.17) is 18.9 Å². The Balaban J connectivity index is 1.67. The van der Waals surface area contributed by atoms with Gasteiger partial charge in [-0.3, -0.25) is 4.79 Å². The fourth-order valence-electron chi connectivity index (χ4n) is 11.2. The molecule has 14 heteroatoms. The van der Waals surface area contributed by atoms with Crippen LogP contribution in [0.1, 0.15) is 296 Å². The Labute approximate surface area is 476 Å². The van der Waals surface area contributed by atoms with E-state index < -0.39 is 86.8 Å². The first-order valence-corrected chi connectivity index (χ1v) is 32.9. The molecule has 0 saturated carbocycles. The van der Waals surface area contributed by atoms with Gasteiger partial charge in [0.2, 0.25) is 5.91 Å². The zero-order valence-electron chi connectivity index (χ0n) is 49.9. The van der Waals surface area contributed by atoms with E-state index in [9.17, 15) is 45.6 Å². The summed E-state index contributed by atoms with van der Waals surface area (Å²) in [5.74, 6) is -0.234. The molecule has 14 nitrogen and oxygen atoms in total. The van der Waals surface area contributed by atoms with Gasteiger partial charge in [0, 0.05) is 6.42 Å². The third-order valence-corrected chi connectivity index (χ3v) is 16.5. The van der Waals surface area contributed by atoms with Crippen molar-refractivity contribution in [2.75, 3.05) is 19.8 Å². The van der Waals surface area contributed by atoms with Crippen LogP contribution in [0.15, 0.2) is 12.2 Å². The molecule has 0 spiro atoms. The smallest absolute Gasteiger partial charge is 0.220 e. The molecular weight excluding hydrogens is 991 g/mol. The molecule has 0 aliphatic carbocycles. The number of aliphatic hydroxyl groups is 8. The summed E-state index contributed by atoms with van der Waals surface area (Å²) >= 11 is 0. The maximum atomic E-state index is 13.2. The summed E-state index contributed by atoms with van der Waals surface area (Å²) in [6.07, 6.45) is 42.7. The summed E-state index contributed by atoms with van der Waals surface area (Å²) in [7, 11) is 0. The molecule has 0 aromatic heterocycles. The van der Waals surface area contributed by atoms with Gasteiger partial charge in [0.05, 0.1) is 32.0 Å². The van der Waals surface area contributed by atoms with Crippen LogP contribution in [0, 0.1) is 0 Å². The summed E-state index contributed by atoms with van der Waals surface area (Å²) in [4.78, 5) is 13.2. The first-order chi connectivity index (χ1) is 38.1. The zero-order chi connectivity index (χ0) is 56.7. The van der Waals surface area contributed by atoms with E-state index >= 15 is 0 Å². The first kappa shape index (κ1) is 72.8. The van der Waals surface area contributed by atoms with Gasteiger partial charge in [-0.1, -0.05) is 283 Å². The number of aliphatic hydroxyl groups excluding tert-OH is 8. The van der Waals surface area contributed by atoms with Crippen molar-refractivity contribution in [3.63, 3.8) is 0 Å². The lowest BCUT2D eigenvalue weighted by molar-refractivity contribution is -0.359. The average molecular weight is 1110 g/mol. The Bertz CT molecular complexity index is 1360. The van der Waals surface area contributed by atoms with E-state index in [1.54, 1.807) is 6.08 Å². The molecule has 12 atom stereocenters. The quantitative estimate of drug-likeness (QED) is 0.0204. The van der Waals surface area contributed by atoms with Gasteiger partial charge < -0.3 is 65.1 Å². The van der Waals surface area contributed by atoms with Crippen LogP contribution in [0.5, 0.6) is 0 Å². The van der Waals surface area contributed by atoms with Gasteiger partial charge in [-0.05, 0) is 19.3 Å². The van der Waals surface area contributed by atoms with Gasteiger partial charge >= 0.3 is 0 Å². The molecule has 462 valence electrons. The van der Waals surface area contributed by atoms with Crippen LogP contribution in [0.2, 0.25) is 0 Å². The molecule has 1 amide bonds. The Morgan fingerprint density at radius 3 is 1.18 bits per heavy atom. The average Bonchev–Trinajstić information content (AvgIpc) is 3.48. The van der Waals surface area contributed by atoms with Crippen molar-refractivity contribution in [1.29, 1.82) is 0 Å². The van der Waals surface area contributed by atoms with Crippen molar-refractivity contribution in [3.05, 3.63) is 12.2 Å². The molecule has 0 bridgehead atoms. The fraction of sp³-hybridized carbons (Fsp3) is 0.953. The molecule has 0 aromatic carbocycles. The van der Waals surface area contributed by atoms with Gasteiger partial charge in [-0.15, -0.1) is 0 Å². The van der Waals surface area contributed by atoms with Gasteiger partial charge in [0.1, 0.15) is 48.8 Å².